The molecule has 5 aliphatic rings. The van der Waals surface area contributed by atoms with Crippen LogP contribution in [-0.2, 0) is 4.74 Å². The predicted molar refractivity (Wildman–Crippen MR) is 137 cm³/mol. The van der Waals surface area contributed by atoms with Crippen molar-refractivity contribution < 1.29 is 9.84 Å². The van der Waals surface area contributed by atoms with Gasteiger partial charge in [-0.2, -0.15) is 0 Å². The van der Waals surface area contributed by atoms with Crippen LogP contribution in [0.4, 0.5) is 0 Å². The molecule has 1 N–H and O–H groups in total. The molecule has 0 aliphatic heterocycles. The molecule has 33 heavy (non-hydrogen) atoms. The normalized spacial score (nSPS) is 57.8. The second kappa shape index (κ2) is 7.34. The van der Waals surface area contributed by atoms with Crippen LogP contribution in [-0.4, -0.2) is 24.4 Å². The van der Waals surface area contributed by atoms with Gasteiger partial charge < -0.3 is 9.84 Å². The molecule has 0 aromatic heterocycles. The Labute approximate surface area is 204 Å². The molecule has 5 rings (SSSR count). The van der Waals surface area contributed by atoms with Crippen molar-refractivity contribution >= 4 is 0 Å². The first-order valence-electron chi connectivity index (χ1n) is 14.2. The van der Waals surface area contributed by atoms with E-state index in [1.165, 1.54) is 38.5 Å². The van der Waals surface area contributed by atoms with E-state index in [-0.39, 0.29) is 33.9 Å². The minimum absolute atomic E-state index is 0.0179. The van der Waals surface area contributed by atoms with Crippen molar-refractivity contribution in [3.05, 3.63) is 11.6 Å². The minimum Gasteiger partial charge on any atom is -0.393 e. The number of methoxy groups -OCH3 is 1. The number of aliphatic hydroxyl groups is 1. The number of hydrogen-bond acceptors (Lipinski definition) is 2. The van der Waals surface area contributed by atoms with E-state index >= 15 is 0 Å². The number of aliphatic hydroxyl groups excluding tert-OH is 1. The van der Waals surface area contributed by atoms with E-state index in [0.29, 0.717) is 23.2 Å². The zero-order valence-corrected chi connectivity index (χ0v) is 23.1. The third-order valence-electron chi connectivity index (χ3n) is 13.6. The number of rotatable bonds is 1. The SMILES string of the molecule is CO[C@@H]1C=C2[C@@H]3[C@@H](C)[C@H](C)CC[C@]3(C)CC[C@@]2(C)[C@]2(C)CC[C@H]3C(C)(C)[C@H](O)CC[C@]3(C)[C@@H]12. The van der Waals surface area contributed by atoms with Crippen LogP contribution in [0, 0.1) is 56.7 Å². The van der Waals surface area contributed by atoms with Crippen molar-refractivity contribution in [3.63, 3.8) is 0 Å². The molecule has 0 bridgehead atoms. The Morgan fingerprint density at radius 3 is 2.24 bits per heavy atom. The van der Waals surface area contributed by atoms with Crippen molar-refractivity contribution in [3.8, 4) is 0 Å². The van der Waals surface area contributed by atoms with Gasteiger partial charge in [0.15, 0.2) is 0 Å². The Hall–Kier alpha value is -0.340. The van der Waals surface area contributed by atoms with Crippen LogP contribution in [0.15, 0.2) is 11.6 Å². The third-order valence-corrected chi connectivity index (χ3v) is 13.6. The second-order valence-corrected chi connectivity index (χ2v) is 15.0. The van der Waals surface area contributed by atoms with E-state index < -0.39 is 0 Å². The molecular formula is C31H52O2. The maximum absolute atomic E-state index is 11.0. The lowest BCUT2D eigenvalue weighted by Crippen LogP contribution is -2.67. The predicted octanol–water partition coefficient (Wildman–Crippen LogP) is 7.65. The summed E-state index contributed by atoms with van der Waals surface area (Å²) in [5, 5.41) is 11.0. The van der Waals surface area contributed by atoms with Crippen LogP contribution >= 0.6 is 0 Å². The Bertz CT molecular complexity index is 829. The molecule has 0 unspecified atom stereocenters. The summed E-state index contributed by atoms with van der Waals surface area (Å²) in [7, 11) is 1.97. The van der Waals surface area contributed by atoms with Crippen molar-refractivity contribution in [2.24, 2.45) is 56.7 Å². The van der Waals surface area contributed by atoms with Crippen LogP contribution in [0.3, 0.4) is 0 Å². The first-order chi connectivity index (χ1) is 15.3. The lowest BCUT2D eigenvalue weighted by Gasteiger charge is -2.72. The van der Waals surface area contributed by atoms with Gasteiger partial charge in [0, 0.05) is 13.0 Å². The molecule has 0 aromatic carbocycles. The highest BCUT2D eigenvalue weighted by Gasteiger charge is 2.70. The molecule has 2 heteroatoms. The van der Waals surface area contributed by atoms with Crippen LogP contribution in [0.2, 0.25) is 0 Å². The van der Waals surface area contributed by atoms with E-state index in [1.807, 2.05) is 7.11 Å². The molecule has 188 valence electrons. The van der Waals surface area contributed by atoms with Crippen LogP contribution in [0.5, 0.6) is 0 Å². The highest BCUT2D eigenvalue weighted by atomic mass is 16.5. The van der Waals surface area contributed by atoms with E-state index in [0.717, 1.165) is 24.7 Å². The molecular weight excluding hydrogens is 404 g/mol. The van der Waals surface area contributed by atoms with Gasteiger partial charge in [0.25, 0.3) is 0 Å². The third kappa shape index (κ3) is 2.92. The topological polar surface area (TPSA) is 29.5 Å². The molecule has 4 saturated carbocycles. The van der Waals surface area contributed by atoms with Gasteiger partial charge in [-0.3, -0.25) is 0 Å². The summed E-state index contributed by atoms with van der Waals surface area (Å²) in [5.74, 6) is 3.35. The van der Waals surface area contributed by atoms with E-state index in [1.54, 1.807) is 5.57 Å². The summed E-state index contributed by atoms with van der Waals surface area (Å²) in [5.41, 5.74) is 2.94. The maximum Gasteiger partial charge on any atom is 0.0793 e. The number of fused-ring (bicyclic) bond motifs is 7. The van der Waals surface area contributed by atoms with Crippen LogP contribution in [0.1, 0.15) is 107 Å². The fourth-order valence-electron chi connectivity index (χ4n) is 11.1. The van der Waals surface area contributed by atoms with E-state index in [9.17, 15) is 5.11 Å². The van der Waals surface area contributed by atoms with Crippen LogP contribution < -0.4 is 0 Å². The molecule has 4 fully saturated rings. The molecule has 0 saturated heterocycles. The fourth-order valence-corrected chi connectivity index (χ4v) is 11.1. The number of hydrogen-bond donors (Lipinski definition) is 1. The lowest BCUT2D eigenvalue weighted by molar-refractivity contribution is -0.228. The average molecular weight is 457 g/mol. The average Bonchev–Trinajstić information content (AvgIpc) is 2.74. The standard InChI is InChI=1S/C31H52O2/c1-19-10-13-28(5)16-17-30(7)21(25(28)20(19)2)18-22(33-9)26-29(6)14-12-24(32)27(3,4)23(29)11-15-31(26,30)8/h18-20,22-26,32H,10-17H2,1-9H3/t19-,20+,22-,23+,24-,25+,26-,28-,29+,30-,31-/m1/s1. The van der Waals surface area contributed by atoms with Crippen molar-refractivity contribution in [2.45, 2.75) is 119 Å². The summed E-state index contributed by atoms with van der Waals surface area (Å²) in [4.78, 5) is 0. The minimum atomic E-state index is -0.175. The van der Waals surface area contributed by atoms with E-state index in [4.69, 9.17) is 4.74 Å². The Balaban J connectivity index is 1.66. The zero-order valence-electron chi connectivity index (χ0n) is 23.1. The molecule has 0 heterocycles. The van der Waals surface area contributed by atoms with Gasteiger partial charge in [0.05, 0.1) is 12.2 Å². The largest absolute Gasteiger partial charge is 0.393 e. The summed E-state index contributed by atoms with van der Waals surface area (Å²) in [6, 6.07) is 0. The van der Waals surface area contributed by atoms with Gasteiger partial charge in [-0.1, -0.05) is 67.0 Å². The molecule has 2 nitrogen and oxygen atoms in total. The fraction of sp³-hybridized carbons (Fsp3) is 0.935. The van der Waals surface area contributed by atoms with Gasteiger partial charge in [0.2, 0.25) is 0 Å². The van der Waals surface area contributed by atoms with Gasteiger partial charge in [-0.15, -0.1) is 0 Å². The zero-order chi connectivity index (χ0) is 24.2. The lowest BCUT2D eigenvalue weighted by atomic mass is 9.33. The molecule has 11 atom stereocenters. The van der Waals surface area contributed by atoms with Gasteiger partial charge in [-0.25, -0.2) is 0 Å². The first kappa shape index (κ1) is 24.4. The molecule has 0 aromatic rings. The summed E-state index contributed by atoms with van der Waals surface area (Å²) in [6.07, 6.45) is 12.8. The molecule has 0 radical (unpaired) electrons. The highest BCUT2D eigenvalue weighted by molar-refractivity contribution is 5.36. The van der Waals surface area contributed by atoms with Gasteiger partial charge in [-0.05, 0) is 102 Å². The first-order valence-corrected chi connectivity index (χ1v) is 14.2. The smallest absolute Gasteiger partial charge is 0.0793 e. The van der Waals surface area contributed by atoms with Crippen LogP contribution in [0.25, 0.3) is 0 Å². The number of allylic oxidation sites excluding steroid dienone is 1. The molecule has 0 amide bonds. The highest BCUT2D eigenvalue weighted by Crippen LogP contribution is 2.75. The van der Waals surface area contributed by atoms with E-state index in [2.05, 4.69) is 61.5 Å². The summed E-state index contributed by atoms with van der Waals surface area (Å²) in [6.45, 7) is 20.3. The van der Waals surface area contributed by atoms with Crippen molar-refractivity contribution in [2.75, 3.05) is 7.11 Å². The summed E-state index contributed by atoms with van der Waals surface area (Å²) < 4.78 is 6.46. The summed E-state index contributed by atoms with van der Waals surface area (Å²) >= 11 is 0. The Morgan fingerprint density at radius 1 is 0.879 bits per heavy atom. The molecule has 5 aliphatic carbocycles. The van der Waals surface area contributed by atoms with Crippen molar-refractivity contribution in [1.29, 1.82) is 0 Å². The Kier molecular flexibility index (Phi) is 5.42. The number of ether oxygens (including phenoxy) is 1. The Morgan fingerprint density at radius 2 is 1.58 bits per heavy atom. The maximum atomic E-state index is 11.0. The second-order valence-electron chi connectivity index (χ2n) is 15.0. The molecule has 0 spiro atoms. The quantitative estimate of drug-likeness (QED) is 0.411. The van der Waals surface area contributed by atoms with Gasteiger partial charge >= 0.3 is 0 Å². The van der Waals surface area contributed by atoms with Crippen molar-refractivity contribution in [1.82, 2.24) is 0 Å². The monoisotopic (exact) mass is 456 g/mol. The van der Waals surface area contributed by atoms with Gasteiger partial charge in [0.1, 0.15) is 0 Å².